The molecule has 184 valence electrons. The molecule has 3 aromatic heterocycles. The topological polar surface area (TPSA) is 129 Å². The Morgan fingerprint density at radius 2 is 1.86 bits per heavy atom. The van der Waals surface area contributed by atoms with E-state index in [1.165, 1.54) is 22.9 Å². The van der Waals surface area contributed by atoms with Crippen LogP contribution in [0.5, 0.6) is 0 Å². The Bertz CT molecular complexity index is 1850. The number of hydrogen-bond acceptors (Lipinski definition) is 5. The summed E-state index contributed by atoms with van der Waals surface area (Å²) in [6.07, 6.45) is 1.84. The van der Waals surface area contributed by atoms with E-state index in [9.17, 15) is 19.1 Å². The van der Waals surface area contributed by atoms with Crippen LogP contribution in [0.4, 0.5) is 4.39 Å². The zero-order valence-corrected chi connectivity index (χ0v) is 19.4. The Morgan fingerprint density at radius 1 is 1.05 bits per heavy atom. The minimum atomic E-state index is -0.513. The van der Waals surface area contributed by atoms with Crippen LogP contribution in [0.2, 0.25) is 0 Å². The molecule has 0 radical (unpaired) electrons. The number of H-pyrrole nitrogens is 2. The van der Waals surface area contributed by atoms with E-state index in [1.54, 1.807) is 24.3 Å². The number of aromatic amines is 2. The van der Waals surface area contributed by atoms with Crippen LogP contribution in [0.1, 0.15) is 21.8 Å². The lowest BCUT2D eigenvalue weighted by atomic mass is 9.99. The van der Waals surface area contributed by atoms with Gasteiger partial charge in [0.15, 0.2) is 5.52 Å². The first-order valence-electron chi connectivity index (χ1n) is 11.7. The van der Waals surface area contributed by atoms with Crippen molar-refractivity contribution in [2.24, 2.45) is 0 Å². The minimum absolute atomic E-state index is 0.0352. The van der Waals surface area contributed by atoms with E-state index in [2.05, 4.69) is 25.6 Å². The molecule has 6 rings (SSSR count). The van der Waals surface area contributed by atoms with Crippen LogP contribution in [0.15, 0.2) is 77.7 Å². The van der Waals surface area contributed by atoms with Crippen molar-refractivity contribution >= 4 is 38.7 Å². The van der Waals surface area contributed by atoms with Crippen LogP contribution >= 0.6 is 0 Å². The minimum Gasteiger partial charge on any atom is -0.396 e. The van der Waals surface area contributed by atoms with Crippen molar-refractivity contribution in [3.05, 3.63) is 100 Å². The van der Waals surface area contributed by atoms with Crippen LogP contribution in [-0.2, 0) is 0 Å². The summed E-state index contributed by atoms with van der Waals surface area (Å²) < 4.78 is 15.1. The SMILES string of the molecule is O=C(NCC(CO)c1c[nH]c2ccccc12)c1ccccc1-n1[nH]c2c(nnc3ccc(F)cc32)c1=O. The van der Waals surface area contributed by atoms with Gasteiger partial charge >= 0.3 is 0 Å². The van der Waals surface area contributed by atoms with E-state index in [1.807, 2.05) is 30.5 Å². The molecule has 0 bridgehead atoms. The Kier molecular flexibility index (Phi) is 5.50. The smallest absolute Gasteiger partial charge is 0.299 e. The number of benzene rings is 3. The molecular weight excluding hydrogens is 475 g/mol. The lowest BCUT2D eigenvalue weighted by Crippen LogP contribution is -2.31. The third-order valence-electron chi connectivity index (χ3n) is 6.53. The molecule has 3 heterocycles. The van der Waals surface area contributed by atoms with Crippen molar-refractivity contribution in [2.45, 2.75) is 5.92 Å². The number of para-hydroxylation sites is 2. The van der Waals surface area contributed by atoms with Crippen molar-refractivity contribution in [1.29, 1.82) is 0 Å². The molecule has 10 heteroatoms. The van der Waals surface area contributed by atoms with Gasteiger partial charge in [-0.05, 0) is 42.0 Å². The summed E-state index contributed by atoms with van der Waals surface area (Å²) in [5, 5.41) is 25.3. The first kappa shape index (κ1) is 22.6. The van der Waals surface area contributed by atoms with Crippen molar-refractivity contribution < 1.29 is 14.3 Å². The molecule has 37 heavy (non-hydrogen) atoms. The number of rotatable bonds is 6. The Hall–Kier alpha value is -4.83. The molecular formula is C27H21FN6O3. The van der Waals surface area contributed by atoms with Gasteiger partial charge in [0.2, 0.25) is 0 Å². The number of amides is 1. The number of fused-ring (bicyclic) bond motifs is 4. The van der Waals surface area contributed by atoms with Gasteiger partial charge in [0.25, 0.3) is 11.5 Å². The standard InChI is InChI=1S/C27H21FN6O3/c28-16-9-10-22-19(11-16)24-25(32-31-22)27(37)34(33-24)23-8-4-2-6-18(23)26(36)30-12-15(14-35)20-13-29-21-7-3-1-5-17(20)21/h1-11,13,15,29,33,35H,12,14H2,(H,30,36). The molecule has 0 aliphatic heterocycles. The molecule has 0 spiro atoms. The average molecular weight is 497 g/mol. The highest BCUT2D eigenvalue weighted by Gasteiger charge is 2.21. The molecule has 9 nitrogen and oxygen atoms in total. The maximum atomic E-state index is 13.9. The predicted octanol–water partition coefficient (Wildman–Crippen LogP) is 3.39. The predicted molar refractivity (Wildman–Crippen MR) is 137 cm³/mol. The van der Waals surface area contributed by atoms with Crippen LogP contribution < -0.4 is 10.9 Å². The molecule has 1 atom stereocenters. The molecule has 1 unspecified atom stereocenters. The molecule has 1 amide bonds. The van der Waals surface area contributed by atoms with E-state index in [0.29, 0.717) is 22.1 Å². The number of hydrogen-bond donors (Lipinski definition) is 4. The second-order valence-electron chi connectivity index (χ2n) is 8.73. The summed E-state index contributed by atoms with van der Waals surface area (Å²) in [6.45, 7) is 0.0239. The summed E-state index contributed by atoms with van der Waals surface area (Å²) in [5.74, 6) is -1.22. The number of aromatic nitrogens is 5. The zero-order valence-electron chi connectivity index (χ0n) is 19.4. The second kappa shape index (κ2) is 8.99. The summed E-state index contributed by atoms with van der Waals surface area (Å²) in [4.78, 5) is 29.6. The lowest BCUT2D eigenvalue weighted by molar-refractivity contribution is 0.0947. The fourth-order valence-corrected chi connectivity index (χ4v) is 4.65. The maximum absolute atomic E-state index is 13.9. The molecule has 0 saturated carbocycles. The van der Waals surface area contributed by atoms with E-state index in [-0.39, 0.29) is 30.1 Å². The summed E-state index contributed by atoms with van der Waals surface area (Å²) >= 11 is 0. The fourth-order valence-electron chi connectivity index (χ4n) is 4.65. The molecule has 0 aliphatic rings. The third-order valence-corrected chi connectivity index (χ3v) is 6.53. The van der Waals surface area contributed by atoms with Crippen molar-refractivity contribution in [1.82, 2.24) is 30.3 Å². The van der Waals surface area contributed by atoms with E-state index >= 15 is 0 Å². The number of carbonyl (C=O) groups is 1. The quantitative estimate of drug-likeness (QED) is 0.281. The average Bonchev–Trinajstić information content (AvgIpc) is 3.50. The van der Waals surface area contributed by atoms with E-state index in [0.717, 1.165) is 16.5 Å². The first-order chi connectivity index (χ1) is 18.0. The lowest BCUT2D eigenvalue weighted by Gasteiger charge is -2.16. The van der Waals surface area contributed by atoms with Crippen molar-refractivity contribution in [3.63, 3.8) is 0 Å². The Morgan fingerprint density at radius 3 is 2.73 bits per heavy atom. The summed E-state index contributed by atoms with van der Waals surface area (Å²) in [5.41, 5.74) is 2.67. The summed E-state index contributed by atoms with van der Waals surface area (Å²) in [7, 11) is 0. The van der Waals surface area contributed by atoms with E-state index in [4.69, 9.17) is 0 Å². The van der Waals surface area contributed by atoms with Gasteiger partial charge in [-0.3, -0.25) is 14.7 Å². The molecule has 0 fully saturated rings. The van der Waals surface area contributed by atoms with Crippen LogP contribution in [-0.4, -0.2) is 49.1 Å². The van der Waals surface area contributed by atoms with E-state index < -0.39 is 17.3 Å². The van der Waals surface area contributed by atoms with Gasteiger partial charge in [-0.2, -0.15) is 0 Å². The summed E-state index contributed by atoms with van der Waals surface area (Å²) in [6, 6.07) is 18.4. The second-order valence-corrected chi connectivity index (χ2v) is 8.73. The highest BCUT2D eigenvalue weighted by Crippen LogP contribution is 2.25. The monoisotopic (exact) mass is 496 g/mol. The number of carbonyl (C=O) groups excluding carboxylic acids is 1. The van der Waals surface area contributed by atoms with Crippen LogP contribution in [0.3, 0.4) is 0 Å². The van der Waals surface area contributed by atoms with Crippen molar-refractivity contribution in [3.8, 4) is 5.69 Å². The number of aliphatic hydroxyl groups is 1. The van der Waals surface area contributed by atoms with Gasteiger partial charge in [0.1, 0.15) is 5.82 Å². The maximum Gasteiger partial charge on any atom is 0.299 e. The first-order valence-corrected chi connectivity index (χ1v) is 11.7. The number of aliphatic hydroxyl groups excluding tert-OH is 1. The van der Waals surface area contributed by atoms with Gasteiger partial charge in [-0.1, -0.05) is 30.3 Å². The van der Waals surface area contributed by atoms with Crippen molar-refractivity contribution in [2.75, 3.05) is 13.2 Å². The Labute approximate surface area is 208 Å². The van der Waals surface area contributed by atoms with Gasteiger partial charge in [-0.25, -0.2) is 9.07 Å². The molecule has 0 saturated heterocycles. The van der Waals surface area contributed by atoms with Crippen LogP contribution in [0.25, 0.3) is 38.5 Å². The molecule has 3 aromatic carbocycles. The number of halogens is 1. The van der Waals surface area contributed by atoms with Crippen LogP contribution in [0, 0.1) is 5.82 Å². The highest BCUT2D eigenvalue weighted by molar-refractivity contribution is 6.01. The molecule has 0 aliphatic carbocycles. The molecule has 4 N–H and O–H groups in total. The largest absolute Gasteiger partial charge is 0.396 e. The van der Waals surface area contributed by atoms with Gasteiger partial charge in [0, 0.05) is 34.9 Å². The number of nitrogens with one attached hydrogen (secondary N) is 3. The third kappa shape index (κ3) is 3.83. The highest BCUT2D eigenvalue weighted by atomic mass is 19.1. The fraction of sp³-hybridized carbons (Fsp3) is 0.111. The van der Waals surface area contributed by atoms with Gasteiger partial charge < -0.3 is 15.4 Å². The molecule has 6 aromatic rings. The number of nitrogens with zero attached hydrogens (tertiary/aromatic N) is 3. The Balaban J connectivity index is 1.34. The normalized spacial score (nSPS) is 12.4. The van der Waals surface area contributed by atoms with Gasteiger partial charge in [0.05, 0.1) is 28.9 Å². The zero-order chi connectivity index (χ0) is 25.5. The van der Waals surface area contributed by atoms with Gasteiger partial charge in [-0.15, -0.1) is 10.2 Å².